The van der Waals surface area contributed by atoms with Gasteiger partial charge in [-0.2, -0.15) is 0 Å². The van der Waals surface area contributed by atoms with Gasteiger partial charge in [0.1, 0.15) is 12.4 Å². The number of carboxylic acid groups (broad SMARTS) is 1. The number of ether oxygens (including phenoxy) is 2. The molecule has 0 saturated heterocycles. The lowest BCUT2D eigenvalue weighted by Crippen LogP contribution is -2.15. The number of carbonyl (C=O) groups excluding carboxylic acids is 1. The van der Waals surface area contributed by atoms with E-state index in [1.807, 2.05) is 0 Å². The first-order chi connectivity index (χ1) is 8.61. The molecule has 0 heterocycles. The van der Waals surface area contributed by atoms with Crippen LogP contribution in [0.3, 0.4) is 0 Å². The molecule has 1 rings (SSSR count). The number of carboxylic acids is 1. The molecule has 3 N–H and O–H groups in total. The molecule has 1 aromatic carbocycles. The topological polar surface area (TPSA) is 105 Å². The summed E-state index contributed by atoms with van der Waals surface area (Å²) in [6, 6.07) is 6.12. The normalized spacial score (nSPS) is 9.61. The van der Waals surface area contributed by atoms with Gasteiger partial charge in [-0.3, -0.25) is 5.32 Å². The Morgan fingerprint density at radius 2 is 1.89 bits per heavy atom. The molecule has 0 unspecified atom stereocenters. The van der Waals surface area contributed by atoms with Crippen LogP contribution in [0.1, 0.15) is 0 Å². The third-order valence-electron chi connectivity index (χ3n) is 1.79. The van der Waals surface area contributed by atoms with Gasteiger partial charge in [0.25, 0.3) is 0 Å². The molecule has 0 radical (unpaired) electrons. The van der Waals surface area contributed by atoms with Crippen molar-refractivity contribution in [2.75, 3.05) is 25.1 Å². The standard InChI is InChI=1S/C11H13NO6/c13-5-6-17-11(16)12-8-1-3-9(4-2-8)18-7-10(14)15/h1-4,13H,5-7H2,(H,12,16)(H,14,15). The zero-order chi connectivity index (χ0) is 13.4. The molecule has 1 aromatic rings. The summed E-state index contributed by atoms with van der Waals surface area (Å²) in [5.41, 5.74) is 0.473. The number of rotatable bonds is 6. The maximum absolute atomic E-state index is 11.1. The Kier molecular flexibility index (Phi) is 5.46. The van der Waals surface area contributed by atoms with Crippen molar-refractivity contribution < 1.29 is 29.3 Å². The predicted octanol–water partition coefficient (Wildman–Crippen LogP) is 0.691. The number of aliphatic hydroxyl groups is 1. The fraction of sp³-hybridized carbons (Fsp3) is 0.273. The Morgan fingerprint density at radius 1 is 1.22 bits per heavy atom. The van der Waals surface area contributed by atoms with E-state index in [4.69, 9.17) is 14.9 Å². The highest BCUT2D eigenvalue weighted by atomic mass is 16.6. The average Bonchev–Trinajstić information content (AvgIpc) is 2.35. The van der Waals surface area contributed by atoms with Gasteiger partial charge in [-0.05, 0) is 24.3 Å². The molecule has 7 heteroatoms. The van der Waals surface area contributed by atoms with Crippen LogP contribution in [-0.4, -0.2) is 42.1 Å². The molecular formula is C11H13NO6. The van der Waals surface area contributed by atoms with Gasteiger partial charge in [0, 0.05) is 5.69 Å². The highest BCUT2D eigenvalue weighted by Crippen LogP contribution is 2.15. The Hall–Kier alpha value is -2.28. The zero-order valence-electron chi connectivity index (χ0n) is 9.46. The van der Waals surface area contributed by atoms with Crippen LogP contribution in [0.2, 0.25) is 0 Å². The zero-order valence-corrected chi connectivity index (χ0v) is 9.46. The summed E-state index contributed by atoms with van der Waals surface area (Å²) in [5.74, 6) is -0.684. The molecule has 0 fully saturated rings. The number of anilines is 1. The molecule has 0 bridgehead atoms. The smallest absolute Gasteiger partial charge is 0.411 e. The molecule has 0 aromatic heterocycles. The van der Waals surface area contributed by atoms with Crippen molar-refractivity contribution in [2.24, 2.45) is 0 Å². The largest absolute Gasteiger partial charge is 0.482 e. The number of nitrogens with one attached hydrogen (secondary N) is 1. The van der Waals surface area contributed by atoms with Crippen LogP contribution in [-0.2, 0) is 9.53 Å². The Morgan fingerprint density at radius 3 is 2.44 bits per heavy atom. The lowest BCUT2D eigenvalue weighted by Gasteiger charge is -2.07. The molecule has 1 amide bonds. The van der Waals surface area contributed by atoms with Crippen molar-refractivity contribution in [1.82, 2.24) is 0 Å². The Bertz CT molecular complexity index is 402. The molecule has 98 valence electrons. The summed E-state index contributed by atoms with van der Waals surface area (Å²) in [4.78, 5) is 21.4. The summed E-state index contributed by atoms with van der Waals surface area (Å²) < 4.78 is 9.51. The molecule has 18 heavy (non-hydrogen) atoms. The van der Waals surface area contributed by atoms with E-state index in [-0.39, 0.29) is 13.2 Å². The number of aliphatic hydroxyl groups excluding tert-OH is 1. The van der Waals surface area contributed by atoms with E-state index >= 15 is 0 Å². The minimum absolute atomic E-state index is 0.0777. The first-order valence-electron chi connectivity index (χ1n) is 5.11. The van der Waals surface area contributed by atoms with E-state index in [1.54, 1.807) is 0 Å². The van der Waals surface area contributed by atoms with Crippen LogP contribution in [0, 0.1) is 0 Å². The van der Waals surface area contributed by atoms with Crippen molar-refractivity contribution in [1.29, 1.82) is 0 Å². The first-order valence-corrected chi connectivity index (χ1v) is 5.11. The second-order valence-corrected chi connectivity index (χ2v) is 3.19. The Labute approximate surface area is 103 Å². The monoisotopic (exact) mass is 255 g/mol. The number of benzene rings is 1. The maximum Gasteiger partial charge on any atom is 0.411 e. The van der Waals surface area contributed by atoms with Crippen LogP contribution in [0.4, 0.5) is 10.5 Å². The fourth-order valence-corrected chi connectivity index (χ4v) is 1.07. The fourth-order valence-electron chi connectivity index (χ4n) is 1.07. The van der Waals surface area contributed by atoms with Crippen LogP contribution in [0.25, 0.3) is 0 Å². The number of hydrogen-bond acceptors (Lipinski definition) is 5. The molecule has 0 aliphatic rings. The summed E-state index contributed by atoms with van der Waals surface area (Å²) in [6.07, 6.45) is -0.678. The maximum atomic E-state index is 11.1. The first kappa shape index (κ1) is 13.8. The second kappa shape index (κ2) is 7.13. The SMILES string of the molecule is O=C(O)COc1ccc(NC(=O)OCCO)cc1. The van der Waals surface area contributed by atoms with Gasteiger partial charge in [-0.25, -0.2) is 9.59 Å². The van der Waals surface area contributed by atoms with E-state index in [9.17, 15) is 9.59 Å². The molecule has 7 nitrogen and oxygen atoms in total. The third kappa shape index (κ3) is 5.17. The summed E-state index contributed by atoms with van der Waals surface area (Å²) >= 11 is 0. The van der Waals surface area contributed by atoms with Crippen molar-refractivity contribution in [3.8, 4) is 5.75 Å². The molecular weight excluding hydrogens is 242 g/mol. The molecule has 0 atom stereocenters. The van der Waals surface area contributed by atoms with Gasteiger partial charge in [-0.1, -0.05) is 0 Å². The van der Waals surface area contributed by atoms with Gasteiger partial charge >= 0.3 is 12.1 Å². The van der Waals surface area contributed by atoms with Crippen molar-refractivity contribution in [3.63, 3.8) is 0 Å². The summed E-state index contributed by atoms with van der Waals surface area (Å²) in [6.45, 7) is -0.744. The summed E-state index contributed by atoms with van der Waals surface area (Å²) in [7, 11) is 0. The number of carbonyl (C=O) groups is 2. The highest BCUT2D eigenvalue weighted by Gasteiger charge is 2.03. The lowest BCUT2D eigenvalue weighted by atomic mass is 10.3. The van der Waals surface area contributed by atoms with Gasteiger partial charge < -0.3 is 19.7 Å². The molecule has 0 aliphatic carbocycles. The minimum atomic E-state index is -1.07. The third-order valence-corrected chi connectivity index (χ3v) is 1.79. The van der Waals surface area contributed by atoms with Crippen LogP contribution in [0.5, 0.6) is 5.75 Å². The van der Waals surface area contributed by atoms with E-state index < -0.39 is 18.7 Å². The number of hydrogen-bond donors (Lipinski definition) is 3. The van der Waals surface area contributed by atoms with Crippen molar-refractivity contribution in [3.05, 3.63) is 24.3 Å². The van der Waals surface area contributed by atoms with Gasteiger partial charge in [-0.15, -0.1) is 0 Å². The second-order valence-electron chi connectivity index (χ2n) is 3.19. The molecule has 0 aliphatic heterocycles. The van der Waals surface area contributed by atoms with E-state index in [0.717, 1.165) is 0 Å². The minimum Gasteiger partial charge on any atom is -0.482 e. The Balaban J connectivity index is 2.44. The molecule has 0 spiro atoms. The molecule has 0 saturated carbocycles. The van der Waals surface area contributed by atoms with Crippen LogP contribution >= 0.6 is 0 Å². The summed E-state index contributed by atoms with van der Waals surface area (Å²) in [5, 5.41) is 19.3. The quantitative estimate of drug-likeness (QED) is 0.690. The number of amides is 1. The van der Waals surface area contributed by atoms with Crippen LogP contribution < -0.4 is 10.1 Å². The van der Waals surface area contributed by atoms with E-state index in [0.29, 0.717) is 11.4 Å². The lowest BCUT2D eigenvalue weighted by molar-refractivity contribution is -0.139. The van der Waals surface area contributed by atoms with Crippen molar-refractivity contribution >= 4 is 17.7 Å². The van der Waals surface area contributed by atoms with Crippen LogP contribution in [0.15, 0.2) is 24.3 Å². The predicted molar refractivity (Wildman–Crippen MR) is 61.6 cm³/mol. The highest BCUT2D eigenvalue weighted by molar-refractivity contribution is 5.84. The number of aliphatic carboxylic acids is 1. The average molecular weight is 255 g/mol. The van der Waals surface area contributed by atoms with Gasteiger partial charge in [0.15, 0.2) is 6.61 Å². The van der Waals surface area contributed by atoms with Gasteiger partial charge in [0.2, 0.25) is 0 Å². The van der Waals surface area contributed by atoms with Crippen molar-refractivity contribution in [2.45, 2.75) is 0 Å². The van der Waals surface area contributed by atoms with E-state index in [1.165, 1.54) is 24.3 Å². The van der Waals surface area contributed by atoms with Gasteiger partial charge in [0.05, 0.1) is 6.61 Å². The van der Waals surface area contributed by atoms with E-state index in [2.05, 4.69) is 10.1 Å².